The van der Waals surface area contributed by atoms with Gasteiger partial charge in [0.25, 0.3) is 5.91 Å². The Hall–Kier alpha value is -2.63. The molecule has 0 aliphatic heterocycles. The highest BCUT2D eigenvalue weighted by Gasteiger charge is 2.35. The predicted molar refractivity (Wildman–Crippen MR) is 81.7 cm³/mol. The van der Waals surface area contributed by atoms with E-state index in [9.17, 15) is 14.7 Å². The van der Waals surface area contributed by atoms with E-state index in [-0.39, 0.29) is 12.5 Å². The second-order valence-corrected chi connectivity index (χ2v) is 5.27. The number of aromatic nitrogens is 2. The molecule has 0 fully saturated rings. The molecule has 2 rings (SSSR count). The molecular weight excluding hydrogens is 282 g/mol. The number of nitrogens with one attached hydrogen (secondary N) is 1. The molecule has 0 saturated heterocycles. The number of amides is 1. The van der Waals surface area contributed by atoms with Crippen LogP contribution in [0.2, 0.25) is 0 Å². The van der Waals surface area contributed by atoms with Gasteiger partial charge in [0.2, 0.25) is 0 Å². The number of benzene rings is 1. The van der Waals surface area contributed by atoms with Gasteiger partial charge in [-0.2, -0.15) is 5.10 Å². The number of rotatable bonds is 6. The molecule has 116 valence electrons. The Kier molecular flexibility index (Phi) is 4.60. The van der Waals surface area contributed by atoms with Gasteiger partial charge in [0, 0.05) is 19.3 Å². The van der Waals surface area contributed by atoms with Gasteiger partial charge < -0.3 is 10.4 Å². The van der Waals surface area contributed by atoms with Crippen molar-refractivity contribution in [1.29, 1.82) is 0 Å². The van der Waals surface area contributed by atoms with Crippen LogP contribution in [-0.4, -0.2) is 33.3 Å². The van der Waals surface area contributed by atoms with Crippen LogP contribution in [0.25, 0.3) is 0 Å². The Morgan fingerprint density at radius 1 is 1.32 bits per heavy atom. The summed E-state index contributed by atoms with van der Waals surface area (Å²) >= 11 is 0. The van der Waals surface area contributed by atoms with Gasteiger partial charge in [-0.3, -0.25) is 14.3 Å². The quantitative estimate of drug-likeness (QED) is 0.850. The van der Waals surface area contributed by atoms with Gasteiger partial charge in [0.15, 0.2) is 0 Å². The summed E-state index contributed by atoms with van der Waals surface area (Å²) in [6, 6.07) is 8.88. The Balaban J connectivity index is 2.12. The fraction of sp³-hybridized carbons (Fsp3) is 0.312. The van der Waals surface area contributed by atoms with E-state index in [1.165, 1.54) is 6.20 Å². The van der Waals surface area contributed by atoms with Crippen LogP contribution in [0.15, 0.2) is 42.7 Å². The first kappa shape index (κ1) is 15.8. The van der Waals surface area contributed by atoms with Crippen LogP contribution in [0.5, 0.6) is 0 Å². The van der Waals surface area contributed by atoms with Crippen LogP contribution < -0.4 is 5.32 Å². The number of nitrogens with zero attached hydrogens (tertiary/aromatic N) is 2. The van der Waals surface area contributed by atoms with Crippen molar-refractivity contribution < 1.29 is 14.7 Å². The molecule has 1 aromatic heterocycles. The number of carboxylic acid groups (broad SMARTS) is 1. The Morgan fingerprint density at radius 3 is 2.55 bits per heavy atom. The van der Waals surface area contributed by atoms with Crippen LogP contribution in [0.3, 0.4) is 0 Å². The molecule has 0 aliphatic rings. The third-order valence-electron chi connectivity index (χ3n) is 3.70. The molecule has 1 unspecified atom stereocenters. The third-order valence-corrected chi connectivity index (χ3v) is 3.70. The average molecular weight is 301 g/mol. The second kappa shape index (κ2) is 6.43. The molecule has 1 heterocycles. The summed E-state index contributed by atoms with van der Waals surface area (Å²) in [6.07, 6.45) is 3.11. The summed E-state index contributed by atoms with van der Waals surface area (Å²) in [7, 11) is 0. The number of aryl methyl sites for hydroxylation is 1. The van der Waals surface area contributed by atoms with Crippen molar-refractivity contribution in [3.63, 3.8) is 0 Å². The maximum absolute atomic E-state index is 12.1. The van der Waals surface area contributed by atoms with Gasteiger partial charge >= 0.3 is 5.97 Å². The maximum atomic E-state index is 12.1. The zero-order chi connectivity index (χ0) is 16.2. The van der Waals surface area contributed by atoms with Crippen LogP contribution >= 0.6 is 0 Å². The van der Waals surface area contributed by atoms with Crippen molar-refractivity contribution in [2.75, 3.05) is 6.54 Å². The number of carbonyl (C=O) groups excluding carboxylic acids is 1. The lowest BCUT2D eigenvalue weighted by atomic mass is 9.82. The van der Waals surface area contributed by atoms with Crippen LogP contribution in [0.1, 0.15) is 29.8 Å². The summed E-state index contributed by atoms with van der Waals surface area (Å²) in [4.78, 5) is 23.8. The zero-order valence-corrected chi connectivity index (χ0v) is 12.6. The monoisotopic (exact) mass is 301 g/mol. The van der Waals surface area contributed by atoms with Gasteiger partial charge in [0.05, 0.1) is 11.8 Å². The number of hydrogen-bond donors (Lipinski definition) is 2. The van der Waals surface area contributed by atoms with Crippen LogP contribution in [0.4, 0.5) is 0 Å². The minimum Gasteiger partial charge on any atom is -0.481 e. The summed E-state index contributed by atoms with van der Waals surface area (Å²) in [5.74, 6) is -1.31. The highest BCUT2D eigenvalue weighted by molar-refractivity contribution is 5.94. The summed E-state index contributed by atoms with van der Waals surface area (Å²) in [6.45, 7) is 4.19. The first-order chi connectivity index (χ1) is 10.5. The van der Waals surface area contributed by atoms with E-state index in [0.29, 0.717) is 17.7 Å². The van der Waals surface area contributed by atoms with Gasteiger partial charge in [-0.1, -0.05) is 30.3 Å². The smallest absolute Gasteiger partial charge is 0.315 e. The standard InChI is InChI=1S/C16H19N3O3/c1-3-19-10-12(9-18-19)14(20)17-11-16(2,15(21)22)13-7-5-4-6-8-13/h4-10H,3,11H2,1-2H3,(H,17,20)(H,21,22). The first-order valence-electron chi connectivity index (χ1n) is 7.07. The van der Waals surface area contributed by atoms with E-state index in [4.69, 9.17) is 0 Å². The fourth-order valence-corrected chi connectivity index (χ4v) is 2.12. The van der Waals surface area contributed by atoms with E-state index in [1.807, 2.05) is 13.0 Å². The molecule has 0 spiro atoms. The fourth-order valence-electron chi connectivity index (χ4n) is 2.12. The van der Waals surface area contributed by atoms with Crippen molar-refractivity contribution in [1.82, 2.24) is 15.1 Å². The molecule has 22 heavy (non-hydrogen) atoms. The minimum atomic E-state index is -1.18. The van der Waals surface area contributed by atoms with E-state index < -0.39 is 11.4 Å². The van der Waals surface area contributed by atoms with Gasteiger partial charge in [-0.25, -0.2) is 0 Å². The summed E-state index contributed by atoms with van der Waals surface area (Å²) < 4.78 is 1.64. The lowest BCUT2D eigenvalue weighted by Crippen LogP contribution is -2.44. The zero-order valence-electron chi connectivity index (χ0n) is 12.6. The molecule has 1 amide bonds. The van der Waals surface area contributed by atoms with Crippen LogP contribution in [0, 0.1) is 0 Å². The average Bonchev–Trinajstić information content (AvgIpc) is 3.02. The van der Waals surface area contributed by atoms with Crippen molar-refractivity contribution in [3.05, 3.63) is 53.9 Å². The van der Waals surface area contributed by atoms with Gasteiger partial charge in [-0.15, -0.1) is 0 Å². The topological polar surface area (TPSA) is 84.2 Å². The molecule has 0 saturated carbocycles. The molecule has 1 aromatic carbocycles. The second-order valence-electron chi connectivity index (χ2n) is 5.27. The minimum absolute atomic E-state index is 0.00247. The number of carbonyl (C=O) groups is 2. The third kappa shape index (κ3) is 3.16. The molecule has 1 atom stereocenters. The van der Waals surface area contributed by atoms with E-state index in [2.05, 4.69) is 10.4 Å². The SMILES string of the molecule is CCn1cc(C(=O)NCC(C)(C(=O)O)c2ccccc2)cn1. The Bertz CT molecular complexity index is 666. The molecule has 6 heteroatoms. The van der Waals surface area contributed by atoms with Crippen molar-refractivity contribution in [3.8, 4) is 0 Å². The van der Waals surface area contributed by atoms with Crippen molar-refractivity contribution >= 4 is 11.9 Å². The molecule has 6 nitrogen and oxygen atoms in total. The van der Waals surface area contributed by atoms with Gasteiger partial charge in [-0.05, 0) is 19.4 Å². The number of aliphatic carboxylic acids is 1. The Labute approximate surface area is 128 Å². The summed E-state index contributed by atoms with van der Waals surface area (Å²) in [5, 5.41) is 16.3. The molecular formula is C16H19N3O3. The Morgan fingerprint density at radius 2 is 2.00 bits per heavy atom. The maximum Gasteiger partial charge on any atom is 0.315 e. The van der Waals surface area contributed by atoms with E-state index in [1.54, 1.807) is 42.1 Å². The lowest BCUT2D eigenvalue weighted by molar-refractivity contribution is -0.142. The first-order valence-corrected chi connectivity index (χ1v) is 7.07. The highest BCUT2D eigenvalue weighted by atomic mass is 16.4. The van der Waals surface area contributed by atoms with Gasteiger partial charge in [0.1, 0.15) is 5.41 Å². The lowest BCUT2D eigenvalue weighted by Gasteiger charge is -2.25. The van der Waals surface area contributed by atoms with Crippen molar-refractivity contribution in [2.24, 2.45) is 0 Å². The van der Waals surface area contributed by atoms with E-state index in [0.717, 1.165) is 0 Å². The molecule has 0 bridgehead atoms. The normalized spacial score (nSPS) is 13.4. The largest absolute Gasteiger partial charge is 0.481 e. The number of hydrogen-bond acceptors (Lipinski definition) is 3. The molecule has 2 aromatic rings. The highest BCUT2D eigenvalue weighted by Crippen LogP contribution is 2.23. The molecule has 2 N–H and O–H groups in total. The summed E-state index contributed by atoms with van der Waals surface area (Å²) in [5.41, 5.74) is -0.118. The predicted octanol–water partition coefficient (Wildman–Crippen LogP) is 1.68. The molecule has 0 aliphatic carbocycles. The van der Waals surface area contributed by atoms with Crippen molar-refractivity contribution in [2.45, 2.75) is 25.8 Å². The molecule has 0 radical (unpaired) electrons. The number of carboxylic acids is 1. The van der Waals surface area contributed by atoms with Crippen LogP contribution in [-0.2, 0) is 16.8 Å². The van der Waals surface area contributed by atoms with E-state index >= 15 is 0 Å².